The lowest BCUT2D eigenvalue weighted by molar-refractivity contribution is -0.123. The van der Waals surface area contributed by atoms with E-state index in [0.717, 1.165) is 0 Å². The predicted octanol–water partition coefficient (Wildman–Crippen LogP) is 2.74. The van der Waals surface area contributed by atoms with Gasteiger partial charge in [-0.3, -0.25) is 20.4 Å². The summed E-state index contributed by atoms with van der Waals surface area (Å²) < 4.78 is 36.2. The monoisotopic (exact) mass is 404 g/mol. The Hall–Kier alpha value is -3.69. The number of fused-ring (bicyclic) bond motifs is 1. The molecule has 2 aromatic carbocycles. The molecule has 0 aliphatic rings. The highest BCUT2D eigenvalue weighted by atomic mass is 19.3. The molecule has 0 bridgehead atoms. The van der Waals surface area contributed by atoms with Gasteiger partial charge in [0.05, 0.1) is 17.6 Å². The lowest BCUT2D eigenvalue weighted by Gasteiger charge is -2.12. The number of ether oxygens (including phenoxy) is 2. The van der Waals surface area contributed by atoms with Crippen LogP contribution in [0.25, 0.3) is 11.0 Å². The number of nitrogens with one attached hydrogen (secondary N) is 3. The van der Waals surface area contributed by atoms with Gasteiger partial charge in [0.15, 0.2) is 23.9 Å². The zero-order valence-electron chi connectivity index (χ0n) is 15.4. The second kappa shape index (κ2) is 9.00. The van der Waals surface area contributed by atoms with Gasteiger partial charge in [-0.2, -0.15) is 0 Å². The maximum atomic E-state index is 12.7. The van der Waals surface area contributed by atoms with Gasteiger partial charge in [-0.1, -0.05) is 12.1 Å². The summed E-state index contributed by atoms with van der Waals surface area (Å²) in [6, 6.07) is 11.1. The van der Waals surface area contributed by atoms with E-state index in [1.807, 2.05) is 6.92 Å². The van der Waals surface area contributed by atoms with Crippen molar-refractivity contribution in [1.29, 1.82) is 0 Å². The summed E-state index contributed by atoms with van der Waals surface area (Å²) >= 11 is 0. The maximum Gasteiger partial charge on any atom is 0.295 e. The number of H-pyrrole nitrogens is 1. The fourth-order valence-corrected chi connectivity index (χ4v) is 2.50. The lowest BCUT2D eigenvalue weighted by Crippen LogP contribution is -2.43. The fraction of sp³-hybridized carbons (Fsp3) is 0.211. The van der Waals surface area contributed by atoms with Crippen LogP contribution in [0.1, 0.15) is 29.5 Å². The molecule has 1 heterocycles. The van der Waals surface area contributed by atoms with E-state index < -0.39 is 24.1 Å². The molecule has 1 aromatic heterocycles. The number of halogens is 2. The third kappa shape index (κ3) is 4.98. The Morgan fingerprint density at radius 3 is 2.52 bits per heavy atom. The first-order valence-corrected chi connectivity index (χ1v) is 8.69. The van der Waals surface area contributed by atoms with Gasteiger partial charge in [0.2, 0.25) is 0 Å². The van der Waals surface area contributed by atoms with E-state index in [2.05, 4.69) is 20.8 Å². The van der Waals surface area contributed by atoms with Crippen LogP contribution in [0.2, 0.25) is 0 Å². The molecule has 0 saturated carbocycles. The van der Waals surface area contributed by atoms with E-state index >= 15 is 0 Å². The highest BCUT2D eigenvalue weighted by Crippen LogP contribution is 2.26. The van der Waals surface area contributed by atoms with Crippen molar-refractivity contribution in [3.63, 3.8) is 0 Å². The van der Waals surface area contributed by atoms with Gasteiger partial charge in [0.1, 0.15) is 0 Å². The normalized spacial score (nSPS) is 10.8. The number of alkyl halides is 2. The molecule has 0 unspecified atom stereocenters. The SMILES string of the molecule is CCOc1ccccc1OCC(=O)NNC(=O)c1ccc2nc(C(F)F)[nH]c2c1. The van der Waals surface area contributed by atoms with Gasteiger partial charge >= 0.3 is 0 Å². The fourth-order valence-electron chi connectivity index (χ4n) is 2.50. The lowest BCUT2D eigenvalue weighted by atomic mass is 10.2. The molecule has 0 aliphatic carbocycles. The molecular weight excluding hydrogens is 386 g/mol. The zero-order valence-corrected chi connectivity index (χ0v) is 15.4. The summed E-state index contributed by atoms with van der Waals surface area (Å²) in [6.45, 7) is 1.93. The third-order valence-corrected chi connectivity index (χ3v) is 3.79. The number of aromatic amines is 1. The van der Waals surface area contributed by atoms with E-state index in [9.17, 15) is 18.4 Å². The molecule has 8 nitrogen and oxygen atoms in total. The number of amides is 2. The second-order valence-electron chi connectivity index (χ2n) is 5.83. The summed E-state index contributed by atoms with van der Waals surface area (Å²) in [4.78, 5) is 30.3. The molecule has 3 N–H and O–H groups in total. The van der Waals surface area contributed by atoms with Crippen LogP contribution in [0.15, 0.2) is 42.5 Å². The molecule has 0 saturated heterocycles. The minimum Gasteiger partial charge on any atom is -0.490 e. The Labute approximate surface area is 164 Å². The van der Waals surface area contributed by atoms with Crippen molar-refractivity contribution < 1.29 is 27.8 Å². The molecule has 0 fully saturated rings. The minimum atomic E-state index is -2.74. The van der Waals surface area contributed by atoms with Gasteiger partial charge < -0.3 is 14.5 Å². The first-order chi connectivity index (χ1) is 14.0. The van der Waals surface area contributed by atoms with Crippen LogP contribution < -0.4 is 20.3 Å². The maximum absolute atomic E-state index is 12.7. The Bertz CT molecular complexity index is 1020. The van der Waals surface area contributed by atoms with Crippen LogP contribution in [0.3, 0.4) is 0 Å². The molecule has 0 radical (unpaired) electrons. The highest BCUT2D eigenvalue weighted by molar-refractivity contribution is 5.98. The number of aromatic nitrogens is 2. The largest absolute Gasteiger partial charge is 0.490 e. The van der Waals surface area contributed by atoms with Crippen molar-refractivity contribution in [2.24, 2.45) is 0 Å². The van der Waals surface area contributed by atoms with Gasteiger partial charge in [-0.15, -0.1) is 0 Å². The van der Waals surface area contributed by atoms with Crippen LogP contribution >= 0.6 is 0 Å². The summed E-state index contributed by atoms with van der Waals surface area (Å²) in [5.74, 6) is -0.788. The quantitative estimate of drug-likeness (QED) is 0.525. The van der Waals surface area contributed by atoms with Gasteiger partial charge in [0.25, 0.3) is 18.2 Å². The van der Waals surface area contributed by atoms with E-state index in [1.54, 1.807) is 24.3 Å². The van der Waals surface area contributed by atoms with Crippen molar-refractivity contribution in [3.8, 4) is 11.5 Å². The molecule has 0 spiro atoms. The first-order valence-electron chi connectivity index (χ1n) is 8.69. The van der Waals surface area contributed by atoms with Crippen molar-refractivity contribution in [2.45, 2.75) is 13.3 Å². The van der Waals surface area contributed by atoms with Crippen LogP contribution in [-0.2, 0) is 4.79 Å². The Morgan fingerprint density at radius 2 is 1.83 bits per heavy atom. The summed E-state index contributed by atoms with van der Waals surface area (Å²) in [6.07, 6.45) is -2.74. The van der Waals surface area contributed by atoms with Crippen molar-refractivity contribution in [2.75, 3.05) is 13.2 Å². The highest BCUT2D eigenvalue weighted by Gasteiger charge is 2.15. The van der Waals surface area contributed by atoms with Gasteiger partial charge in [-0.25, -0.2) is 13.8 Å². The number of benzene rings is 2. The van der Waals surface area contributed by atoms with Crippen LogP contribution in [0.4, 0.5) is 8.78 Å². The molecule has 2 amide bonds. The van der Waals surface area contributed by atoms with E-state index in [1.165, 1.54) is 18.2 Å². The van der Waals surface area contributed by atoms with Crippen molar-refractivity contribution in [1.82, 2.24) is 20.8 Å². The van der Waals surface area contributed by atoms with E-state index in [4.69, 9.17) is 9.47 Å². The predicted molar refractivity (Wildman–Crippen MR) is 99.8 cm³/mol. The van der Waals surface area contributed by atoms with Crippen LogP contribution in [-0.4, -0.2) is 35.0 Å². The molecule has 0 atom stereocenters. The zero-order chi connectivity index (χ0) is 20.8. The summed E-state index contributed by atoms with van der Waals surface area (Å²) in [5.41, 5.74) is 5.21. The number of hydrogen-bond acceptors (Lipinski definition) is 5. The van der Waals surface area contributed by atoms with E-state index in [0.29, 0.717) is 23.6 Å². The van der Waals surface area contributed by atoms with Gasteiger partial charge in [-0.05, 0) is 37.3 Å². The number of imidazole rings is 1. The molecular formula is C19H18F2N4O4. The number of rotatable bonds is 7. The number of hydrazine groups is 1. The Balaban J connectivity index is 1.55. The molecule has 0 aliphatic heterocycles. The average Bonchev–Trinajstić information content (AvgIpc) is 3.15. The third-order valence-electron chi connectivity index (χ3n) is 3.79. The van der Waals surface area contributed by atoms with Crippen molar-refractivity contribution >= 4 is 22.8 Å². The van der Waals surface area contributed by atoms with Crippen LogP contribution in [0.5, 0.6) is 11.5 Å². The summed E-state index contributed by atoms with van der Waals surface area (Å²) in [5, 5.41) is 0. The number of nitrogens with zero attached hydrogens (tertiary/aromatic N) is 1. The topological polar surface area (TPSA) is 105 Å². The standard InChI is InChI=1S/C19H18F2N4O4/c1-2-28-14-5-3-4-6-15(14)29-10-16(26)24-25-19(27)11-7-8-12-13(9-11)23-18(22-12)17(20)21/h3-9,17H,2,10H2,1H3,(H,22,23)(H,24,26)(H,25,27). The number of carbonyl (C=O) groups excluding carboxylic acids is 2. The first kappa shape index (κ1) is 20.1. The Morgan fingerprint density at radius 1 is 1.10 bits per heavy atom. The molecule has 10 heteroatoms. The van der Waals surface area contributed by atoms with Crippen molar-refractivity contribution in [3.05, 3.63) is 53.9 Å². The molecule has 152 valence electrons. The van der Waals surface area contributed by atoms with Crippen LogP contribution in [0, 0.1) is 0 Å². The minimum absolute atomic E-state index is 0.157. The smallest absolute Gasteiger partial charge is 0.295 e. The molecule has 29 heavy (non-hydrogen) atoms. The summed E-state index contributed by atoms with van der Waals surface area (Å²) in [7, 11) is 0. The molecule has 3 rings (SSSR count). The number of hydrogen-bond donors (Lipinski definition) is 3. The number of carbonyl (C=O) groups is 2. The molecule has 3 aromatic rings. The Kier molecular flexibility index (Phi) is 6.22. The number of para-hydroxylation sites is 2. The van der Waals surface area contributed by atoms with E-state index in [-0.39, 0.29) is 17.7 Å². The average molecular weight is 404 g/mol. The van der Waals surface area contributed by atoms with Gasteiger partial charge in [0, 0.05) is 5.56 Å². The second-order valence-corrected chi connectivity index (χ2v) is 5.83.